The molecule has 0 saturated carbocycles. The second-order valence-electron chi connectivity index (χ2n) is 6.59. The number of amides is 2. The minimum Gasteiger partial charge on any atom is -0.326 e. The molecule has 1 aromatic carbocycles. The number of hydrogen-bond acceptors (Lipinski definition) is 4. The summed E-state index contributed by atoms with van der Waals surface area (Å²) in [6.07, 6.45) is 4.83. The van der Waals surface area contributed by atoms with E-state index < -0.39 is 0 Å². The van der Waals surface area contributed by atoms with Gasteiger partial charge in [-0.1, -0.05) is 62.4 Å². The number of hydrogen-bond donors (Lipinski definition) is 1. The zero-order chi connectivity index (χ0) is 19.1. The van der Waals surface area contributed by atoms with Crippen LogP contribution in [0.1, 0.15) is 57.1 Å². The molecule has 1 unspecified atom stereocenters. The first-order valence-electron chi connectivity index (χ1n) is 9.38. The Bertz CT molecular complexity index is 676. The number of thioether (sulfide) groups is 1. The number of carbonyl (C=O) groups is 2. The van der Waals surface area contributed by atoms with Crippen molar-refractivity contribution in [2.45, 2.75) is 64.5 Å². The second-order valence-corrected chi connectivity index (χ2v) is 8.43. The van der Waals surface area contributed by atoms with Crippen LogP contribution < -0.4 is 5.32 Å². The molecule has 6 heteroatoms. The smallest absolute Gasteiger partial charge is 0.241 e. The van der Waals surface area contributed by atoms with E-state index in [0.717, 1.165) is 43.4 Å². The summed E-state index contributed by atoms with van der Waals surface area (Å²) in [7, 11) is 0. The van der Waals surface area contributed by atoms with Crippen LogP contribution >= 0.6 is 24.0 Å². The molecule has 1 aliphatic heterocycles. The maximum absolute atomic E-state index is 12.2. The van der Waals surface area contributed by atoms with Gasteiger partial charge in [-0.2, -0.15) is 0 Å². The Balaban J connectivity index is 1.71. The molecular weight excluding hydrogens is 364 g/mol. The average molecular weight is 393 g/mol. The van der Waals surface area contributed by atoms with Gasteiger partial charge in [0.05, 0.1) is 5.25 Å². The standard InChI is InChI=1S/C20H28N2O2S2/c1-4-15-11-9-10-14(3)18(15)21-17(23)12-7-6-8-13-22-19(24)16(5-2)26-20(22)25/h9-11,16H,4-8,12-13H2,1-3H3,(H,21,23). The maximum atomic E-state index is 12.2. The summed E-state index contributed by atoms with van der Waals surface area (Å²) in [5.74, 6) is 0.204. The van der Waals surface area contributed by atoms with Crippen LogP contribution in [0, 0.1) is 6.92 Å². The Kier molecular flexibility index (Phi) is 8.10. The highest BCUT2D eigenvalue weighted by atomic mass is 32.2. The minimum atomic E-state index is -0.00449. The SMILES string of the molecule is CCc1cccc(C)c1NC(=O)CCCCCN1C(=O)C(CC)SC1=S. The van der Waals surface area contributed by atoms with Crippen LogP contribution in [-0.4, -0.2) is 32.8 Å². The summed E-state index contributed by atoms with van der Waals surface area (Å²) in [5, 5.41) is 3.06. The van der Waals surface area contributed by atoms with Crippen molar-refractivity contribution in [3.8, 4) is 0 Å². The minimum absolute atomic E-state index is 0.00449. The van der Waals surface area contributed by atoms with Crippen molar-refractivity contribution in [2.75, 3.05) is 11.9 Å². The van der Waals surface area contributed by atoms with E-state index in [-0.39, 0.29) is 17.1 Å². The Morgan fingerprint density at radius 1 is 1.27 bits per heavy atom. The number of anilines is 1. The van der Waals surface area contributed by atoms with Crippen molar-refractivity contribution in [1.29, 1.82) is 0 Å². The van der Waals surface area contributed by atoms with Crippen LogP contribution in [-0.2, 0) is 16.0 Å². The molecule has 2 amide bonds. The van der Waals surface area contributed by atoms with Crippen LogP contribution in [0.4, 0.5) is 5.69 Å². The molecule has 1 aliphatic rings. The topological polar surface area (TPSA) is 49.4 Å². The van der Waals surface area contributed by atoms with Gasteiger partial charge in [0.25, 0.3) is 0 Å². The third-order valence-electron chi connectivity index (χ3n) is 4.67. The molecule has 1 saturated heterocycles. The summed E-state index contributed by atoms with van der Waals surface area (Å²) >= 11 is 6.79. The van der Waals surface area contributed by atoms with Gasteiger partial charge in [0, 0.05) is 18.7 Å². The Morgan fingerprint density at radius 2 is 2.04 bits per heavy atom. The molecule has 4 nitrogen and oxygen atoms in total. The fourth-order valence-corrected chi connectivity index (χ4v) is 4.57. The lowest BCUT2D eigenvalue weighted by atomic mass is 10.1. The van der Waals surface area contributed by atoms with Crippen molar-refractivity contribution >= 4 is 45.8 Å². The first-order chi connectivity index (χ1) is 12.5. The van der Waals surface area contributed by atoms with Crippen LogP contribution in [0.2, 0.25) is 0 Å². The molecule has 2 rings (SSSR count). The van der Waals surface area contributed by atoms with Gasteiger partial charge >= 0.3 is 0 Å². The fraction of sp³-hybridized carbons (Fsp3) is 0.550. The predicted octanol–water partition coefficient (Wildman–Crippen LogP) is 4.70. The molecule has 1 N–H and O–H groups in total. The van der Waals surface area contributed by atoms with Gasteiger partial charge < -0.3 is 5.32 Å². The van der Waals surface area contributed by atoms with Gasteiger partial charge in [0.1, 0.15) is 4.32 Å². The van der Waals surface area contributed by atoms with Crippen molar-refractivity contribution in [1.82, 2.24) is 4.90 Å². The number of para-hydroxylation sites is 1. The Morgan fingerprint density at radius 3 is 2.69 bits per heavy atom. The fourth-order valence-electron chi connectivity index (χ4n) is 3.10. The number of thiocarbonyl (C=S) groups is 1. The van der Waals surface area contributed by atoms with Crippen LogP contribution in [0.15, 0.2) is 18.2 Å². The quantitative estimate of drug-likeness (QED) is 0.489. The number of nitrogens with zero attached hydrogens (tertiary/aromatic N) is 1. The lowest BCUT2D eigenvalue weighted by Crippen LogP contribution is -2.32. The molecule has 0 aromatic heterocycles. The van der Waals surface area contributed by atoms with E-state index in [1.807, 2.05) is 26.0 Å². The number of rotatable bonds is 9. The molecule has 0 radical (unpaired) electrons. The van der Waals surface area contributed by atoms with Crippen LogP contribution in [0.3, 0.4) is 0 Å². The van der Waals surface area contributed by atoms with E-state index in [9.17, 15) is 9.59 Å². The highest BCUT2D eigenvalue weighted by Gasteiger charge is 2.34. The molecule has 0 spiro atoms. The molecule has 1 heterocycles. The summed E-state index contributed by atoms with van der Waals surface area (Å²) in [4.78, 5) is 26.1. The monoisotopic (exact) mass is 392 g/mol. The summed E-state index contributed by atoms with van der Waals surface area (Å²) in [6, 6.07) is 6.10. The van der Waals surface area contributed by atoms with Gasteiger partial charge in [-0.05, 0) is 43.7 Å². The molecule has 0 aliphatic carbocycles. The second kappa shape index (κ2) is 10.1. The number of aryl methyl sites for hydroxylation is 2. The number of nitrogens with one attached hydrogen (secondary N) is 1. The summed E-state index contributed by atoms with van der Waals surface area (Å²) in [5.41, 5.74) is 3.22. The normalized spacial score (nSPS) is 17.0. The number of unbranched alkanes of at least 4 members (excludes halogenated alkanes) is 2. The third kappa shape index (κ3) is 5.30. The lowest BCUT2D eigenvalue weighted by Gasteiger charge is -2.15. The van der Waals surface area contributed by atoms with Gasteiger partial charge in [-0.3, -0.25) is 14.5 Å². The zero-order valence-corrected chi connectivity index (χ0v) is 17.5. The first kappa shape index (κ1) is 20.9. The highest BCUT2D eigenvalue weighted by Crippen LogP contribution is 2.29. The molecule has 26 heavy (non-hydrogen) atoms. The third-order valence-corrected chi connectivity index (χ3v) is 6.42. The molecular formula is C20H28N2O2S2. The molecule has 1 aromatic rings. The van der Waals surface area contributed by atoms with Gasteiger partial charge in [-0.25, -0.2) is 0 Å². The van der Waals surface area contributed by atoms with Crippen molar-refractivity contribution in [3.05, 3.63) is 29.3 Å². The zero-order valence-electron chi connectivity index (χ0n) is 15.8. The van der Waals surface area contributed by atoms with E-state index in [1.54, 1.807) is 4.90 Å². The average Bonchev–Trinajstić information content (AvgIpc) is 2.90. The van der Waals surface area contributed by atoms with Gasteiger partial charge in [-0.15, -0.1) is 0 Å². The van der Waals surface area contributed by atoms with Crippen molar-refractivity contribution in [2.24, 2.45) is 0 Å². The highest BCUT2D eigenvalue weighted by molar-refractivity contribution is 8.24. The van der Waals surface area contributed by atoms with E-state index in [2.05, 4.69) is 18.3 Å². The van der Waals surface area contributed by atoms with Gasteiger partial charge in [0.2, 0.25) is 11.8 Å². The first-order valence-corrected chi connectivity index (χ1v) is 10.7. The predicted molar refractivity (Wildman–Crippen MR) is 114 cm³/mol. The number of carbonyl (C=O) groups excluding carboxylic acids is 2. The largest absolute Gasteiger partial charge is 0.326 e. The van der Waals surface area contributed by atoms with Crippen molar-refractivity contribution in [3.63, 3.8) is 0 Å². The Labute approximate surface area is 166 Å². The molecule has 142 valence electrons. The van der Waals surface area contributed by atoms with E-state index in [1.165, 1.54) is 17.3 Å². The molecule has 1 fully saturated rings. The Hall–Kier alpha value is -1.40. The summed E-state index contributed by atoms with van der Waals surface area (Å²) in [6.45, 7) is 6.79. The lowest BCUT2D eigenvalue weighted by molar-refractivity contribution is -0.126. The molecule has 0 bridgehead atoms. The van der Waals surface area contributed by atoms with Gasteiger partial charge in [0.15, 0.2) is 0 Å². The van der Waals surface area contributed by atoms with Crippen molar-refractivity contribution < 1.29 is 9.59 Å². The summed E-state index contributed by atoms with van der Waals surface area (Å²) < 4.78 is 0.700. The van der Waals surface area contributed by atoms with E-state index in [0.29, 0.717) is 17.3 Å². The van der Waals surface area contributed by atoms with E-state index in [4.69, 9.17) is 12.2 Å². The number of benzene rings is 1. The van der Waals surface area contributed by atoms with Crippen LogP contribution in [0.25, 0.3) is 0 Å². The molecule has 1 atom stereocenters. The van der Waals surface area contributed by atoms with Crippen LogP contribution in [0.5, 0.6) is 0 Å². The maximum Gasteiger partial charge on any atom is 0.241 e. The van der Waals surface area contributed by atoms with E-state index >= 15 is 0 Å².